The highest BCUT2D eigenvalue weighted by molar-refractivity contribution is 5.93. The van der Waals surface area contributed by atoms with Crippen LogP contribution in [0.1, 0.15) is 22.3 Å². The predicted octanol–water partition coefficient (Wildman–Crippen LogP) is 8.17. The van der Waals surface area contributed by atoms with E-state index in [1.54, 1.807) is 12.1 Å². The Morgan fingerprint density at radius 2 is 0.867 bits per heavy atom. The van der Waals surface area contributed by atoms with Crippen LogP contribution in [-0.4, -0.2) is 25.2 Å². The minimum atomic E-state index is -0.521. The van der Waals surface area contributed by atoms with Crippen molar-refractivity contribution >= 4 is 33.5 Å². The molecule has 6 aromatic rings. The number of aryl methyl sites for hydroxylation is 2. The molecule has 0 atom stereocenters. The number of hydrogen-bond donors (Lipinski definition) is 0. The summed E-state index contributed by atoms with van der Waals surface area (Å²) in [5, 5.41) is 3.84. The van der Waals surface area contributed by atoms with E-state index in [9.17, 15) is 9.59 Å². The fraction of sp³-hybridized carbons (Fsp3) is 0.128. The summed E-state index contributed by atoms with van der Waals surface area (Å²) in [6.07, 6.45) is 0.339. The molecule has 0 fully saturated rings. The van der Waals surface area contributed by atoms with Crippen molar-refractivity contribution < 1.29 is 28.5 Å². The number of fused-ring (bicyclic) bond motifs is 2. The third-order valence-corrected chi connectivity index (χ3v) is 7.67. The highest BCUT2D eigenvalue weighted by atomic mass is 16.6. The maximum Gasteiger partial charge on any atom is 0.349 e. The lowest BCUT2D eigenvalue weighted by atomic mass is 9.93. The van der Waals surface area contributed by atoms with E-state index in [1.807, 2.05) is 123 Å². The summed E-state index contributed by atoms with van der Waals surface area (Å²) in [6.45, 7) is 3.36. The van der Waals surface area contributed by atoms with Crippen molar-refractivity contribution in [3.63, 3.8) is 0 Å². The molecule has 0 unspecified atom stereocenters. The van der Waals surface area contributed by atoms with Crippen LogP contribution in [0.15, 0.2) is 121 Å². The topological polar surface area (TPSA) is 71.1 Å². The van der Waals surface area contributed by atoms with Crippen molar-refractivity contribution in [3.05, 3.63) is 144 Å². The molecule has 0 aliphatic heterocycles. The second kappa shape index (κ2) is 13.3. The molecule has 6 heteroatoms. The summed E-state index contributed by atoms with van der Waals surface area (Å²) in [7, 11) is 0. The van der Waals surface area contributed by atoms with E-state index in [2.05, 4.69) is 0 Å². The summed E-state index contributed by atoms with van der Waals surface area (Å²) in [6, 6.07) is 38.3. The van der Waals surface area contributed by atoms with Crippen molar-refractivity contribution in [2.24, 2.45) is 0 Å². The number of para-hydroxylation sites is 2. The molecule has 224 valence electrons. The first-order valence-electron chi connectivity index (χ1n) is 14.8. The molecule has 0 amide bonds. The number of benzene rings is 6. The summed E-state index contributed by atoms with van der Waals surface area (Å²) in [5.41, 5.74) is 3.45. The second-order valence-electron chi connectivity index (χ2n) is 10.8. The Morgan fingerprint density at radius 1 is 0.467 bits per heavy atom. The van der Waals surface area contributed by atoms with Crippen LogP contribution in [0, 0.1) is 13.8 Å². The molecule has 45 heavy (non-hydrogen) atoms. The summed E-state index contributed by atoms with van der Waals surface area (Å²) < 4.78 is 23.4. The number of esters is 2. The minimum absolute atomic E-state index is 0.241. The number of ether oxygens (including phenoxy) is 4. The van der Waals surface area contributed by atoms with Crippen LogP contribution in [0.25, 0.3) is 21.5 Å². The Balaban J connectivity index is 1.32. The Kier molecular flexibility index (Phi) is 8.74. The lowest BCUT2D eigenvalue weighted by Gasteiger charge is -2.18. The van der Waals surface area contributed by atoms with Gasteiger partial charge in [0.15, 0.2) is 13.2 Å². The van der Waals surface area contributed by atoms with E-state index in [0.29, 0.717) is 29.4 Å². The molecule has 6 nitrogen and oxygen atoms in total. The molecule has 0 saturated heterocycles. The van der Waals surface area contributed by atoms with Crippen LogP contribution < -0.4 is 18.9 Å². The van der Waals surface area contributed by atoms with Gasteiger partial charge in [0.1, 0.15) is 23.0 Å². The van der Waals surface area contributed by atoms with E-state index in [1.165, 1.54) is 0 Å². The first kappa shape index (κ1) is 29.5. The van der Waals surface area contributed by atoms with Crippen LogP contribution in [0.2, 0.25) is 0 Å². The van der Waals surface area contributed by atoms with Gasteiger partial charge in [-0.15, -0.1) is 0 Å². The smallest absolute Gasteiger partial charge is 0.349 e. The normalized spacial score (nSPS) is 10.9. The molecule has 0 aliphatic carbocycles. The average molecular weight is 597 g/mol. The van der Waals surface area contributed by atoms with Gasteiger partial charge in [0, 0.05) is 17.5 Å². The van der Waals surface area contributed by atoms with Crippen molar-refractivity contribution in [2.75, 3.05) is 13.2 Å². The predicted molar refractivity (Wildman–Crippen MR) is 175 cm³/mol. The molecule has 0 spiro atoms. The monoisotopic (exact) mass is 596 g/mol. The maximum atomic E-state index is 13.0. The van der Waals surface area contributed by atoms with Crippen LogP contribution >= 0.6 is 0 Å². The van der Waals surface area contributed by atoms with Crippen LogP contribution in [0.3, 0.4) is 0 Å². The number of carbonyl (C=O) groups is 2. The van der Waals surface area contributed by atoms with E-state index in [0.717, 1.165) is 43.8 Å². The fourth-order valence-corrected chi connectivity index (χ4v) is 5.38. The number of rotatable bonds is 10. The maximum absolute atomic E-state index is 13.0. The van der Waals surface area contributed by atoms with Gasteiger partial charge in [-0.25, -0.2) is 9.59 Å². The quantitative estimate of drug-likeness (QED) is 0.117. The van der Waals surface area contributed by atoms with Crippen LogP contribution in [0.5, 0.6) is 23.0 Å². The summed E-state index contributed by atoms with van der Waals surface area (Å²) in [5.74, 6) is 1.05. The highest BCUT2D eigenvalue weighted by Crippen LogP contribution is 2.36. The molecule has 6 aromatic carbocycles. The van der Waals surface area contributed by atoms with E-state index in [-0.39, 0.29) is 13.2 Å². The standard InChI is InChI=1S/C39H32O6/c1-26-11-3-9-17-34(26)42-24-38(40)44-36-21-19-28-13-5-7-15-30(28)32(36)23-33-31-16-8-6-14-29(31)20-22-37(33)45-39(41)25-43-35-18-10-4-12-27(35)2/h3-22H,23-25H2,1-2H3. The van der Waals surface area contributed by atoms with Crippen molar-refractivity contribution in [1.82, 2.24) is 0 Å². The molecule has 0 heterocycles. The fourth-order valence-electron chi connectivity index (χ4n) is 5.38. The van der Waals surface area contributed by atoms with Crippen LogP contribution in [0.4, 0.5) is 0 Å². The van der Waals surface area contributed by atoms with Crippen molar-refractivity contribution in [1.29, 1.82) is 0 Å². The van der Waals surface area contributed by atoms with Gasteiger partial charge in [-0.1, -0.05) is 97.1 Å². The van der Waals surface area contributed by atoms with Crippen LogP contribution in [-0.2, 0) is 16.0 Å². The zero-order chi connectivity index (χ0) is 31.2. The third-order valence-electron chi connectivity index (χ3n) is 7.67. The first-order valence-corrected chi connectivity index (χ1v) is 14.8. The average Bonchev–Trinajstić information content (AvgIpc) is 3.06. The van der Waals surface area contributed by atoms with E-state index < -0.39 is 11.9 Å². The Bertz CT molecular complexity index is 1870. The van der Waals surface area contributed by atoms with Gasteiger partial charge in [-0.05, 0) is 70.8 Å². The molecular weight excluding hydrogens is 564 g/mol. The molecule has 0 N–H and O–H groups in total. The summed E-state index contributed by atoms with van der Waals surface area (Å²) in [4.78, 5) is 26.1. The SMILES string of the molecule is Cc1ccccc1OCC(=O)Oc1ccc2ccccc2c1Cc1c(OC(=O)COc2ccccc2C)ccc2ccccc12. The Labute approximate surface area is 261 Å². The first-order chi connectivity index (χ1) is 22.0. The van der Waals surface area contributed by atoms with Gasteiger partial charge >= 0.3 is 11.9 Å². The molecule has 0 saturated carbocycles. The van der Waals surface area contributed by atoms with Gasteiger partial charge in [0.25, 0.3) is 0 Å². The largest absolute Gasteiger partial charge is 0.482 e. The zero-order valence-corrected chi connectivity index (χ0v) is 25.1. The van der Waals surface area contributed by atoms with Gasteiger partial charge in [0.2, 0.25) is 0 Å². The highest BCUT2D eigenvalue weighted by Gasteiger charge is 2.19. The third kappa shape index (κ3) is 6.81. The minimum Gasteiger partial charge on any atom is -0.482 e. The van der Waals surface area contributed by atoms with Gasteiger partial charge in [-0.3, -0.25) is 0 Å². The van der Waals surface area contributed by atoms with Gasteiger partial charge in [-0.2, -0.15) is 0 Å². The van der Waals surface area contributed by atoms with Gasteiger partial charge in [0.05, 0.1) is 0 Å². The molecule has 0 radical (unpaired) electrons. The zero-order valence-electron chi connectivity index (χ0n) is 25.1. The number of carbonyl (C=O) groups excluding carboxylic acids is 2. The van der Waals surface area contributed by atoms with Crippen molar-refractivity contribution in [3.8, 4) is 23.0 Å². The molecular formula is C39H32O6. The molecule has 6 rings (SSSR count). The Morgan fingerprint density at radius 3 is 1.31 bits per heavy atom. The molecule has 0 aromatic heterocycles. The van der Waals surface area contributed by atoms with E-state index >= 15 is 0 Å². The number of hydrogen-bond acceptors (Lipinski definition) is 6. The lowest BCUT2D eigenvalue weighted by Crippen LogP contribution is -2.19. The lowest BCUT2D eigenvalue weighted by molar-refractivity contribution is -0.137. The summed E-state index contributed by atoms with van der Waals surface area (Å²) >= 11 is 0. The second-order valence-corrected chi connectivity index (χ2v) is 10.8. The molecule has 0 bridgehead atoms. The Hall–Kier alpha value is -5.62. The van der Waals surface area contributed by atoms with Crippen molar-refractivity contribution in [2.45, 2.75) is 20.3 Å². The van der Waals surface area contributed by atoms with Gasteiger partial charge < -0.3 is 18.9 Å². The van der Waals surface area contributed by atoms with E-state index in [4.69, 9.17) is 18.9 Å². The molecule has 0 aliphatic rings.